The molecule has 1 aromatic carbocycles. The lowest BCUT2D eigenvalue weighted by Gasteiger charge is -2.42. The summed E-state index contributed by atoms with van der Waals surface area (Å²) in [4.78, 5) is 14.8. The van der Waals surface area contributed by atoms with Gasteiger partial charge < -0.3 is 10.0 Å². The number of anilines is 1. The molecule has 4 unspecified atom stereocenters. The first-order valence-electron chi connectivity index (χ1n) is 9.92. The standard InChI is InChI=1S/C21H31NO3S/c1-4-5-6-7-14(2)26(25)17-11-19-21(20(24)12-17)18-10-16(23)9-8-15(18)13-22(19)3/h11-12,14-15,18,24H,4-10,13H2,1-3H3. The first-order chi connectivity index (χ1) is 12.4. The van der Waals surface area contributed by atoms with Crippen molar-refractivity contribution in [3.8, 4) is 5.75 Å². The van der Waals surface area contributed by atoms with Crippen LogP contribution < -0.4 is 4.90 Å². The molecule has 0 bridgehead atoms. The molecule has 0 aromatic heterocycles. The summed E-state index contributed by atoms with van der Waals surface area (Å²) in [6, 6.07) is 3.66. The third kappa shape index (κ3) is 3.83. The smallest absolute Gasteiger partial charge is 0.133 e. The number of fused-ring (bicyclic) bond motifs is 3. The molecule has 1 aliphatic carbocycles. The number of aromatic hydroxyl groups is 1. The van der Waals surface area contributed by atoms with E-state index in [1.165, 1.54) is 0 Å². The van der Waals surface area contributed by atoms with E-state index in [2.05, 4.69) is 11.8 Å². The lowest BCUT2D eigenvalue weighted by Crippen LogP contribution is -2.38. The van der Waals surface area contributed by atoms with Crippen molar-refractivity contribution in [3.63, 3.8) is 0 Å². The molecular formula is C21H31NO3S. The molecule has 0 saturated heterocycles. The Kier molecular flexibility index (Phi) is 6.06. The normalized spacial score (nSPS) is 24.7. The summed E-state index contributed by atoms with van der Waals surface area (Å²) in [6.45, 7) is 5.09. The highest BCUT2D eigenvalue weighted by molar-refractivity contribution is 7.85. The Morgan fingerprint density at radius 2 is 2.12 bits per heavy atom. The third-order valence-corrected chi connectivity index (χ3v) is 7.69. The molecule has 0 radical (unpaired) electrons. The van der Waals surface area contributed by atoms with E-state index in [0.717, 1.165) is 49.9 Å². The molecule has 0 spiro atoms. The van der Waals surface area contributed by atoms with Crippen molar-refractivity contribution in [2.24, 2.45) is 5.92 Å². The van der Waals surface area contributed by atoms with Gasteiger partial charge in [0.15, 0.2) is 0 Å². The Bertz CT molecular complexity index is 703. The maximum Gasteiger partial charge on any atom is 0.133 e. The number of carbonyl (C=O) groups excluding carboxylic acids is 1. The van der Waals surface area contributed by atoms with Gasteiger partial charge in [-0.05, 0) is 30.9 Å². The highest BCUT2D eigenvalue weighted by Gasteiger charge is 2.38. The van der Waals surface area contributed by atoms with E-state index in [1.807, 2.05) is 20.0 Å². The molecule has 1 heterocycles. The van der Waals surface area contributed by atoms with E-state index >= 15 is 0 Å². The van der Waals surface area contributed by atoms with Gasteiger partial charge in [-0.15, -0.1) is 0 Å². The van der Waals surface area contributed by atoms with Gasteiger partial charge in [-0.2, -0.15) is 0 Å². The van der Waals surface area contributed by atoms with Crippen LogP contribution in [0.1, 0.15) is 70.3 Å². The zero-order valence-corrected chi connectivity index (χ0v) is 17.0. The quantitative estimate of drug-likeness (QED) is 0.748. The summed E-state index contributed by atoms with van der Waals surface area (Å²) in [5, 5.41) is 10.8. The molecule has 4 nitrogen and oxygen atoms in total. The Morgan fingerprint density at radius 3 is 2.85 bits per heavy atom. The monoisotopic (exact) mass is 377 g/mol. The Morgan fingerprint density at radius 1 is 1.35 bits per heavy atom. The first kappa shape index (κ1) is 19.4. The molecule has 1 N–H and O–H groups in total. The lowest BCUT2D eigenvalue weighted by molar-refractivity contribution is -0.121. The van der Waals surface area contributed by atoms with E-state index in [1.54, 1.807) is 6.07 Å². The first-order valence-corrected chi connectivity index (χ1v) is 11.1. The molecule has 5 heteroatoms. The number of nitrogens with zero attached hydrogens (tertiary/aromatic N) is 1. The van der Waals surface area contributed by atoms with Crippen LogP contribution in [0.3, 0.4) is 0 Å². The van der Waals surface area contributed by atoms with Crippen LogP contribution in [0.4, 0.5) is 5.69 Å². The molecular weight excluding hydrogens is 346 g/mol. The SMILES string of the molecule is CCCCCC(C)S(=O)c1cc(O)c2c(c1)N(C)CC1CCC(=O)CC21. The molecule has 1 saturated carbocycles. The van der Waals surface area contributed by atoms with E-state index in [4.69, 9.17) is 0 Å². The topological polar surface area (TPSA) is 57.6 Å². The number of phenols is 1. The number of unbranched alkanes of at least 4 members (excludes halogenated alkanes) is 2. The van der Waals surface area contributed by atoms with Crippen LogP contribution in [-0.2, 0) is 15.6 Å². The van der Waals surface area contributed by atoms with E-state index in [0.29, 0.717) is 29.4 Å². The summed E-state index contributed by atoms with van der Waals surface area (Å²) in [6.07, 6.45) is 6.42. The fraction of sp³-hybridized carbons (Fsp3) is 0.667. The lowest BCUT2D eigenvalue weighted by atomic mass is 9.72. The molecule has 144 valence electrons. The van der Waals surface area contributed by atoms with Crippen LogP contribution in [0.5, 0.6) is 5.75 Å². The van der Waals surface area contributed by atoms with Crippen molar-refractivity contribution < 1.29 is 14.1 Å². The number of carbonyl (C=O) groups is 1. The van der Waals surface area contributed by atoms with Gasteiger partial charge in [0.2, 0.25) is 0 Å². The van der Waals surface area contributed by atoms with Gasteiger partial charge in [0.1, 0.15) is 11.5 Å². The van der Waals surface area contributed by atoms with Gasteiger partial charge in [0.25, 0.3) is 0 Å². The van der Waals surface area contributed by atoms with Crippen molar-refractivity contribution in [3.05, 3.63) is 17.7 Å². The summed E-state index contributed by atoms with van der Waals surface area (Å²) in [7, 11) is 0.905. The van der Waals surface area contributed by atoms with Gasteiger partial charge >= 0.3 is 0 Å². The maximum absolute atomic E-state index is 12.9. The molecule has 3 rings (SSSR count). The Hall–Kier alpha value is -1.36. The highest BCUT2D eigenvalue weighted by atomic mass is 32.2. The summed E-state index contributed by atoms with van der Waals surface area (Å²) < 4.78 is 12.9. The van der Waals surface area contributed by atoms with Gasteiger partial charge in [-0.25, -0.2) is 0 Å². The number of ketones is 1. The van der Waals surface area contributed by atoms with Crippen molar-refractivity contribution in [1.29, 1.82) is 0 Å². The largest absolute Gasteiger partial charge is 0.508 e. The summed E-state index contributed by atoms with van der Waals surface area (Å²) >= 11 is 0. The zero-order chi connectivity index (χ0) is 18.8. The minimum absolute atomic E-state index is 0.0805. The minimum atomic E-state index is -1.13. The van der Waals surface area contributed by atoms with Crippen LogP contribution >= 0.6 is 0 Å². The van der Waals surface area contributed by atoms with Crippen LogP contribution in [0.25, 0.3) is 0 Å². The van der Waals surface area contributed by atoms with E-state index in [9.17, 15) is 14.1 Å². The van der Waals surface area contributed by atoms with Gasteiger partial charge in [0.05, 0.1) is 10.8 Å². The number of phenolic OH excluding ortho intramolecular Hbond substituents is 1. The Balaban J connectivity index is 1.88. The van der Waals surface area contributed by atoms with E-state index in [-0.39, 0.29) is 16.9 Å². The van der Waals surface area contributed by atoms with Crippen LogP contribution in [0.15, 0.2) is 17.0 Å². The van der Waals surface area contributed by atoms with Crippen molar-refractivity contribution in [1.82, 2.24) is 0 Å². The fourth-order valence-electron chi connectivity index (χ4n) is 4.50. The second-order valence-electron chi connectivity index (χ2n) is 8.01. The number of benzene rings is 1. The molecule has 1 fully saturated rings. The summed E-state index contributed by atoms with van der Waals surface area (Å²) in [5.41, 5.74) is 1.83. The van der Waals surface area contributed by atoms with E-state index < -0.39 is 10.8 Å². The van der Waals surface area contributed by atoms with Crippen molar-refractivity contribution in [2.45, 2.75) is 74.9 Å². The second kappa shape index (κ2) is 8.12. The zero-order valence-electron chi connectivity index (χ0n) is 16.2. The average Bonchev–Trinajstić information content (AvgIpc) is 2.61. The maximum atomic E-state index is 12.9. The average molecular weight is 378 g/mol. The molecule has 4 atom stereocenters. The number of hydrogen-bond donors (Lipinski definition) is 1. The highest BCUT2D eigenvalue weighted by Crippen LogP contribution is 2.49. The van der Waals surface area contributed by atoms with Crippen molar-refractivity contribution in [2.75, 3.05) is 18.5 Å². The Labute approximate surface area is 159 Å². The molecule has 0 amide bonds. The van der Waals surface area contributed by atoms with Gasteiger partial charge in [-0.1, -0.05) is 33.1 Å². The predicted molar refractivity (Wildman–Crippen MR) is 106 cm³/mol. The third-order valence-electron chi connectivity index (χ3n) is 6.02. The molecule has 26 heavy (non-hydrogen) atoms. The number of hydrogen-bond acceptors (Lipinski definition) is 4. The molecule has 2 aliphatic rings. The van der Waals surface area contributed by atoms with Gasteiger partial charge in [-0.3, -0.25) is 9.00 Å². The fourth-order valence-corrected chi connectivity index (χ4v) is 5.80. The van der Waals surface area contributed by atoms with Crippen molar-refractivity contribution >= 4 is 22.3 Å². The van der Waals surface area contributed by atoms with Crippen LogP contribution in [-0.4, -0.2) is 33.9 Å². The second-order valence-corrected chi connectivity index (χ2v) is 9.88. The number of rotatable bonds is 6. The minimum Gasteiger partial charge on any atom is -0.508 e. The van der Waals surface area contributed by atoms with Gasteiger partial charge in [0, 0.05) is 53.7 Å². The summed E-state index contributed by atoms with van der Waals surface area (Å²) in [5.74, 6) is 1.02. The number of Topliss-reactive ketones (excluding diaryl/α,β-unsaturated/α-hetero) is 1. The molecule has 1 aliphatic heterocycles. The predicted octanol–water partition coefficient (Wildman–Crippen LogP) is 4.37. The van der Waals surface area contributed by atoms with Crippen LogP contribution in [0.2, 0.25) is 0 Å². The van der Waals surface area contributed by atoms with Crippen LogP contribution in [0, 0.1) is 5.92 Å². The molecule has 1 aromatic rings.